The summed E-state index contributed by atoms with van der Waals surface area (Å²) in [7, 11) is -4.96. The van der Waals surface area contributed by atoms with E-state index in [4.69, 9.17) is 4.74 Å². The van der Waals surface area contributed by atoms with Gasteiger partial charge in [0.25, 0.3) is 0 Å². The van der Waals surface area contributed by atoms with Gasteiger partial charge in [0.1, 0.15) is 5.75 Å². The van der Waals surface area contributed by atoms with Crippen LogP contribution in [0.3, 0.4) is 0 Å². The van der Waals surface area contributed by atoms with Gasteiger partial charge in [-0.1, -0.05) is 35.3 Å². The first kappa shape index (κ1) is 16.7. The maximum atomic E-state index is 12.5. The maximum absolute atomic E-state index is 12.5. The molecule has 1 aromatic carbocycles. The fraction of sp³-hybridized carbons (Fsp3) is 0.625. The van der Waals surface area contributed by atoms with Gasteiger partial charge < -0.3 is 8.92 Å². The van der Waals surface area contributed by atoms with Crippen molar-refractivity contribution in [2.45, 2.75) is 25.8 Å². The van der Waals surface area contributed by atoms with Crippen molar-refractivity contribution < 1.29 is 21.2 Å². The lowest BCUT2D eigenvalue weighted by Gasteiger charge is -2.35. The van der Waals surface area contributed by atoms with E-state index in [1.165, 1.54) is 31.4 Å². The molecule has 1 atom stereocenters. The highest BCUT2D eigenvalue weighted by Crippen LogP contribution is 2.35. The summed E-state index contributed by atoms with van der Waals surface area (Å²) >= 11 is 0. The largest absolute Gasteiger partial charge is 0.488 e. The van der Waals surface area contributed by atoms with Gasteiger partial charge >= 0.3 is 10.5 Å². The molecule has 23 heavy (non-hydrogen) atoms. The van der Waals surface area contributed by atoms with Crippen molar-refractivity contribution in [1.82, 2.24) is 4.90 Å². The first-order valence-electron chi connectivity index (χ1n) is 8.03. The van der Waals surface area contributed by atoms with Gasteiger partial charge in [0, 0.05) is 19.6 Å². The van der Waals surface area contributed by atoms with Crippen LogP contribution in [0.1, 0.15) is 24.8 Å². The third-order valence-electron chi connectivity index (χ3n) is 4.72. The molecule has 128 valence electrons. The molecule has 0 bridgehead atoms. The van der Waals surface area contributed by atoms with Crippen LogP contribution in [-0.4, -0.2) is 39.6 Å². The molecule has 1 aromatic rings. The minimum absolute atomic E-state index is 0.0113. The van der Waals surface area contributed by atoms with Crippen LogP contribution in [0.25, 0.3) is 0 Å². The van der Waals surface area contributed by atoms with Crippen LogP contribution in [0.2, 0.25) is 0 Å². The zero-order chi connectivity index (χ0) is 16.3. The van der Waals surface area contributed by atoms with Crippen molar-refractivity contribution in [2.75, 3.05) is 26.3 Å². The summed E-state index contributed by atoms with van der Waals surface area (Å²) in [6, 6.07) is 6.49. The van der Waals surface area contributed by atoms with E-state index in [2.05, 4.69) is 9.08 Å². The third-order valence-corrected chi connectivity index (χ3v) is 5.11. The maximum Gasteiger partial charge on any atom is 0.488 e. The molecule has 0 radical (unpaired) electrons. The molecule has 0 aromatic heterocycles. The smallest absolute Gasteiger partial charge is 0.380 e. The molecular formula is C16H22FNO4S. The van der Waals surface area contributed by atoms with Crippen molar-refractivity contribution in [3.8, 4) is 5.75 Å². The zero-order valence-electron chi connectivity index (χ0n) is 13.0. The number of hydrogen-bond acceptors (Lipinski definition) is 5. The van der Waals surface area contributed by atoms with Crippen molar-refractivity contribution in [3.05, 3.63) is 29.8 Å². The second-order valence-corrected chi connectivity index (χ2v) is 7.33. The fourth-order valence-electron chi connectivity index (χ4n) is 3.27. The minimum atomic E-state index is -4.96. The van der Waals surface area contributed by atoms with Crippen molar-refractivity contribution >= 4 is 10.5 Å². The first-order chi connectivity index (χ1) is 11.0. The first-order valence-corrected chi connectivity index (χ1v) is 9.33. The molecular weight excluding hydrogens is 321 g/mol. The molecule has 1 heterocycles. The molecule has 2 fully saturated rings. The Labute approximate surface area is 136 Å². The zero-order valence-corrected chi connectivity index (χ0v) is 13.8. The Morgan fingerprint density at radius 2 is 1.96 bits per heavy atom. The summed E-state index contributed by atoms with van der Waals surface area (Å²) in [5.74, 6) is 1.38. The lowest BCUT2D eigenvalue weighted by atomic mass is 9.76. The van der Waals surface area contributed by atoms with E-state index >= 15 is 0 Å². The predicted octanol–water partition coefficient (Wildman–Crippen LogP) is 2.53. The number of ether oxygens (including phenoxy) is 1. The molecule has 2 aliphatic rings. The molecule has 7 heteroatoms. The highest BCUT2D eigenvalue weighted by Gasteiger charge is 2.30. The fourth-order valence-corrected chi connectivity index (χ4v) is 3.61. The number of benzene rings is 1. The van der Waals surface area contributed by atoms with E-state index in [-0.39, 0.29) is 5.75 Å². The Morgan fingerprint density at radius 3 is 2.57 bits per heavy atom. The van der Waals surface area contributed by atoms with E-state index in [0.29, 0.717) is 5.92 Å². The summed E-state index contributed by atoms with van der Waals surface area (Å²) in [5.41, 5.74) is 1.04. The summed E-state index contributed by atoms with van der Waals surface area (Å²) < 4.78 is 43.4. The molecule has 5 nitrogen and oxygen atoms in total. The molecule has 1 aliphatic heterocycles. The number of halogens is 1. The lowest BCUT2D eigenvalue weighted by molar-refractivity contribution is 0.0769. The molecule has 0 N–H and O–H groups in total. The average Bonchev–Trinajstić information content (AvgIpc) is 2.63. The molecule has 1 saturated heterocycles. The Hall–Kier alpha value is -1.18. The minimum Gasteiger partial charge on any atom is -0.380 e. The number of nitrogens with zero attached hydrogens (tertiary/aromatic N) is 1. The molecule has 1 unspecified atom stereocenters. The Bertz CT molecular complexity index is 615. The Kier molecular flexibility index (Phi) is 5.18. The van der Waals surface area contributed by atoms with Crippen LogP contribution in [0.4, 0.5) is 3.89 Å². The second-order valence-electron chi connectivity index (χ2n) is 6.38. The van der Waals surface area contributed by atoms with E-state index in [1.54, 1.807) is 12.1 Å². The predicted molar refractivity (Wildman–Crippen MR) is 84.0 cm³/mol. The highest BCUT2D eigenvalue weighted by atomic mass is 32.3. The molecule has 0 spiro atoms. The summed E-state index contributed by atoms with van der Waals surface area (Å²) in [6.45, 7) is 4.28. The monoisotopic (exact) mass is 343 g/mol. The quantitative estimate of drug-likeness (QED) is 0.769. The van der Waals surface area contributed by atoms with Crippen molar-refractivity contribution in [2.24, 2.45) is 11.8 Å². The summed E-state index contributed by atoms with van der Waals surface area (Å²) in [5, 5.41) is 0. The Balaban J connectivity index is 1.58. The number of rotatable bonds is 5. The normalized spacial score (nSPS) is 24.0. The topological polar surface area (TPSA) is 55.8 Å². The average molecular weight is 343 g/mol. The van der Waals surface area contributed by atoms with Gasteiger partial charge in [-0.3, -0.25) is 4.90 Å². The van der Waals surface area contributed by atoms with Crippen LogP contribution >= 0.6 is 0 Å². The molecule has 1 aliphatic carbocycles. The van der Waals surface area contributed by atoms with Crippen molar-refractivity contribution in [1.29, 1.82) is 0 Å². The van der Waals surface area contributed by atoms with Gasteiger partial charge in [0.05, 0.1) is 13.2 Å². The highest BCUT2D eigenvalue weighted by molar-refractivity contribution is 7.81. The molecule has 0 amide bonds. The second kappa shape index (κ2) is 7.15. The van der Waals surface area contributed by atoms with Gasteiger partial charge in [0.15, 0.2) is 0 Å². The Morgan fingerprint density at radius 1 is 1.22 bits per heavy atom. The van der Waals surface area contributed by atoms with Crippen LogP contribution in [0, 0.1) is 11.8 Å². The molecule has 1 saturated carbocycles. The van der Waals surface area contributed by atoms with Gasteiger partial charge in [-0.25, -0.2) is 0 Å². The molecule has 3 rings (SSSR count). The van der Waals surface area contributed by atoms with Crippen LogP contribution in [0.5, 0.6) is 5.75 Å². The van der Waals surface area contributed by atoms with E-state index < -0.39 is 10.5 Å². The SMILES string of the molecule is O=S(=O)(F)Oc1ccc(CN2CCOCC(C3CCC3)C2)cc1. The standard InChI is InChI=1S/C16H22FNO4S/c17-23(19,20)22-16-6-4-13(5-7-16)10-18-8-9-21-12-15(11-18)14-2-1-3-14/h4-7,14-15H,1-3,8-12H2. The van der Waals surface area contributed by atoms with E-state index in [0.717, 1.165) is 44.3 Å². The number of hydrogen-bond donors (Lipinski definition) is 0. The lowest BCUT2D eigenvalue weighted by Crippen LogP contribution is -2.35. The van der Waals surface area contributed by atoms with E-state index in [9.17, 15) is 12.3 Å². The van der Waals surface area contributed by atoms with Crippen LogP contribution in [0.15, 0.2) is 24.3 Å². The third kappa shape index (κ3) is 4.89. The van der Waals surface area contributed by atoms with Gasteiger partial charge in [-0.2, -0.15) is 8.42 Å². The summed E-state index contributed by atoms with van der Waals surface area (Å²) in [6.07, 6.45) is 3.96. The van der Waals surface area contributed by atoms with Crippen LogP contribution in [-0.2, 0) is 21.8 Å². The van der Waals surface area contributed by atoms with Crippen LogP contribution < -0.4 is 4.18 Å². The van der Waals surface area contributed by atoms with Crippen molar-refractivity contribution in [3.63, 3.8) is 0 Å². The van der Waals surface area contributed by atoms with Gasteiger partial charge in [-0.15, -0.1) is 0 Å². The van der Waals surface area contributed by atoms with Gasteiger partial charge in [-0.05, 0) is 29.5 Å². The van der Waals surface area contributed by atoms with E-state index in [1.807, 2.05) is 0 Å². The van der Waals surface area contributed by atoms with Gasteiger partial charge in [0.2, 0.25) is 0 Å². The summed E-state index contributed by atoms with van der Waals surface area (Å²) in [4.78, 5) is 2.37.